The van der Waals surface area contributed by atoms with Crippen LogP contribution in [0, 0.1) is 0 Å². The van der Waals surface area contributed by atoms with Crippen LogP contribution in [0.3, 0.4) is 0 Å². The maximum atomic E-state index is 12.2. The van der Waals surface area contributed by atoms with Gasteiger partial charge in [-0.05, 0) is 38.3 Å². The summed E-state index contributed by atoms with van der Waals surface area (Å²) in [7, 11) is 1.22. The van der Waals surface area contributed by atoms with Crippen molar-refractivity contribution in [2.75, 3.05) is 18.6 Å². The predicted molar refractivity (Wildman–Crippen MR) is 104 cm³/mol. The van der Waals surface area contributed by atoms with Gasteiger partial charge >= 0.3 is 12.1 Å². The second-order valence-corrected chi connectivity index (χ2v) is 7.81. The first-order valence-electron chi connectivity index (χ1n) is 9.42. The Kier molecular flexibility index (Phi) is 5.50. The summed E-state index contributed by atoms with van der Waals surface area (Å²) in [5.41, 5.74) is 1.08. The standard InChI is InChI=1S/C21H27NO6/c1-14(18-20(2,3)28-21(27-18)11-7-8-12-21)15-9-5-6-10-16(15)22(13-17(23)24)19(25)26-4/h5-6,9-10,18H,1,7-8,11-13H2,2-4H3,(H,23,24)/t18-/m1/s1. The smallest absolute Gasteiger partial charge is 0.414 e. The fourth-order valence-corrected chi connectivity index (χ4v) is 4.15. The van der Waals surface area contributed by atoms with E-state index in [4.69, 9.17) is 14.2 Å². The summed E-state index contributed by atoms with van der Waals surface area (Å²) in [6.07, 6.45) is 2.62. The Hall–Kier alpha value is -2.38. The number of hydrogen-bond donors (Lipinski definition) is 1. The number of methoxy groups -OCH3 is 1. The number of hydrogen-bond acceptors (Lipinski definition) is 5. The first kappa shape index (κ1) is 20.4. The molecule has 152 valence electrons. The van der Waals surface area contributed by atoms with Crippen LogP contribution in [0.15, 0.2) is 30.8 Å². The Bertz CT molecular complexity index is 781. The van der Waals surface area contributed by atoms with Crippen LogP contribution in [0.4, 0.5) is 10.5 Å². The molecule has 3 rings (SSSR count). The lowest BCUT2D eigenvalue weighted by Gasteiger charge is -2.28. The molecule has 28 heavy (non-hydrogen) atoms. The van der Waals surface area contributed by atoms with Crippen molar-refractivity contribution < 1.29 is 28.9 Å². The van der Waals surface area contributed by atoms with E-state index in [1.54, 1.807) is 18.2 Å². The maximum Gasteiger partial charge on any atom is 0.414 e. The number of carbonyl (C=O) groups is 2. The highest BCUT2D eigenvalue weighted by molar-refractivity contribution is 5.96. The summed E-state index contributed by atoms with van der Waals surface area (Å²) in [4.78, 5) is 24.6. The van der Waals surface area contributed by atoms with E-state index in [0.29, 0.717) is 16.8 Å². The van der Waals surface area contributed by atoms with E-state index < -0.39 is 36.1 Å². The Morgan fingerprint density at radius 2 is 1.93 bits per heavy atom. The number of rotatable bonds is 5. The lowest BCUT2D eigenvalue weighted by Crippen LogP contribution is -2.37. The molecule has 7 heteroatoms. The van der Waals surface area contributed by atoms with Gasteiger partial charge in [0.2, 0.25) is 0 Å². The molecule has 0 unspecified atom stereocenters. The van der Waals surface area contributed by atoms with Gasteiger partial charge in [0.15, 0.2) is 5.79 Å². The van der Waals surface area contributed by atoms with Crippen LogP contribution < -0.4 is 4.90 Å². The number of anilines is 1. The SMILES string of the molecule is C=C(c1ccccc1N(CC(=O)O)C(=O)OC)[C@H]1OC2(CCCC2)OC1(C)C. The van der Waals surface area contributed by atoms with Crippen LogP contribution in [0.25, 0.3) is 5.57 Å². The highest BCUT2D eigenvalue weighted by atomic mass is 16.8. The number of nitrogens with zero attached hydrogens (tertiary/aromatic N) is 1. The molecule has 1 aliphatic carbocycles. The Morgan fingerprint density at radius 1 is 1.29 bits per heavy atom. The van der Waals surface area contributed by atoms with Crippen LogP contribution in [-0.2, 0) is 19.0 Å². The molecular weight excluding hydrogens is 362 g/mol. The summed E-state index contributed by atoms with van der Waals surface area (Å²) >= 11 is 0. The van der Waals surface area contributed by atoms with Gasteiger partial charge in [-0.1, -0.05) is 24.8 Å². The monoisotopic (exact) mass is 389 g/mol. The number of para-hydroxylation sites is 1. The number of benzene rings is 1. The van der Waals surface area contributed by atoms with E-state index in [1.165, 1.54) is 7.11 Å². The van der Waals surface area contributed by atoms with Gasteiger partial charge in [0.1, 0.15) is 12.6 Å². The van der Waals surface area contributed by atoms with Gasteiger partial charge in [0, 0.05) is 18.4 Å². The molecular formula is C21H27NO6. The van der Waals surface area contributed by atoms with Crippen LogP contribution in [0.5, 0.6) is 0 Å². The van der Waals surface area contributed by atoms with Crippen molar-refractivity contribution >= 4 is 23.3 Å². The van der Waals surface area contributed by atoms with Gasteiger partial charge in [-0.25, -0.2) is 4.79 Å². The van der Waals surface area contributed by atoms with E-state index in [1.807, 2.05) is 19.9 Å². The van der Waals surface area contributed by atoms with Crippen molar-refractivity contribution in [2.45, 2.75) is 57.0 Å². The van der Waals surface area contributed by atoms with Crippen LogP contribution in [-0.4, -0.2) is 48.3 Å². The summed E-state index contributed by atoms with van der Waals surface area (Å²) in [5, 5.41) is 9.24. The molecule has 2 aliphatic rings. The molecule has 2 fully saturated rings. The molecule has 1 saturated carbocycles. The van der Waals surface area contributed by atoms with Crippen molar-refractivity contribution in [1.29, 1.82) is 0 Å². The quantitative estimate of drug-likeness (QED) is 0.824. The van der Waals surface area contributed by atoms with Crippen molar-refractivity contribution in [3.05, 3.63) is 36.4 Å². The molecule has 1 aromatic carbocycles. The van der Waals surface area contributed by atoms with Crippen LogP contribution in [0.2, 0.25) is 0 Å². The van der Waals surface area contributed by atoms with Gasteiger partial charge in [0.05, 0.1) is 18.4 Å². The number of carboxylic acid groups (broad SMARTS) is 1. The van der Waals surface area contributed by atoms with Gasteiger partial charge in [0.25, 0.3) is 0 Å². The Balaban J connectivity index is 1.96. The lowest BCUT2D eigenvalue weighted by atomic mass is 9.90. The number of carboxylic acids is 1. The molecule has 0 bridgehead atoms. The molecule has 7 nitrogen and oxygen atoms in total. The zero-order chi connectivity index (χ0) is 20.5. The van der Waals surface area contributed by atoms with Gasteiger partial charge in [-0.15, -0.1) is 0 Å². The van der Waals surface area contributed by atoms with E-state index in [2.05, 4.69) is 6.58 Å². The fourth-order valence-electron chi connectivity index (χ4n) is 4.15. The van der Waals surface area contributed by atoms with Gasteiger partial charge < -0.3 is 19.3 Å². The van der Waals surface area contributed by atoms with E-state index >= 15 is 0 Å². The average Bonchev–Trinajstić information content (AvgIpc) is 3.21. The summed E-state index contributed by atoms with van der Waals surface area (Å²) in [6.45, 7) is 7.64. The van der Waals surface area contributed by atoms with E-state index in [-0.39, 0.29) is 0 Å². The molecule has 0 aromatic heterocycles. The highest BCUT2D eigenvalue weighted by Crippen LogP contribution is 2.49. The zero-order valence-corrected chi connectivity index (χ0v) is 16.6. The number of carbonyl (C=O) groups excluding carboxylic acids is 1. The molecule has 1 N–H and O–H groups in total. The fraction of sp³-hybridized carbons (Fsp3) is 0.524. The molecule has 0 radical (unpaired) electrons. The molecule has 1 atom stereocenters. The molecule has 1 heterocycles. The number of amides is 1. The molecule has 1 saturated heterocycles. The zero-order valence-electron chi connectivity index (χ0n) is 16.6. The highest BCUT2D eigenvalue weighted by Gasteiger charge is 2.54. The minimum Gasteiger partial charge on any atom is -0.480 e. The van der Waals surface area contributed by atoms with Gasteiger partial charge in [-0.3, -0.25) is 9.69 Å². The molecule has 1 aromatic rings. The second-order valence-electron chi connectivity index (χ2n) is 7.81. The van der Waals surface area contributed by atoms with Crippen molar-refractivity contribution in [2.24, 2.45) is 0 Å². The first-order chi connectivity index (χ1) is 13.2. The molecule has 1 spiro atoms. The van der Waals surface area contributed by atoms with Crippen LogP contribution >= 0.6 is 0 Å². The van der Waals surface area contributed by atoms with E-state index in [9.17, 15) is 14.7 Å². The lowest BCUT2D eigenvalue weighted by molar-refractivity contribution is -0.177. The predicted octanol–water partition coefficient (Wildman–Crippen LogP) is 3.82. The normalized spacial score (nSPS) is 22.2. The molecule has 1 aliphatic heterocycles. The summed E-state index contributed by atoms with van der Waals surface area (Å²) in [6, 6.07) is 7.02. The number of aliphatic carboxylic acids is 1. The topological polar surface area (TPSA) is 85.3 Å². The third-order valence-corrected chi connectivity index (χ3v) is 5.32. The van der Waals surface area contributed by atoms with Crippen LogP contribution in [0.1, 0.15) is 45.1 Å². The van der Waals surface area contributed by atoms with Crippen molar-refractivity contribution in [3.8, 4) is 0 Å². The Labute approximate surface area is 164 Å². The minimum atomic E-state index is -1.14. The summed E-state index contributed by atoms with van der Waals surface area (Å²) in [5.74, 6) is -1.73. The van der Waals surface area contributed by atoms with Crippen molar-refractivity contribution in [1.82, 2.24) is 0 Å². The Morgan fingerprint density at radius 3 is 2.54 bits per heavy atom. The third-order valence-electron chi connectivity index (χ3n) is 5.32. The molecule has 1 amide bonds. The third kappa shape index (κ3) is 3.77. The first-order valence-corrected chi connectivity index (χ1v) is 9.42. The van der Waals surface area contributed by atoms with Gasteiger partial charge in [-0.2, -0.15) is 0 Å². The largest absolute Gasteiger partial charge is 0.480 e. The second kappa shape index (κ2) is 7.56. The summed E-state index contributed by atoms with van der Waals surface area (Å²) < 4.78 is 17.5. The van der Waals surface area contributed by atoms with E-state index in [0.717, 1.165) is 30.6 Å². The maximum absolute atomic E-state index is 12.2. The average molecular weight is 389 g/mol. The number of ether oxygens (including phenoxy) is 3. The minimum absolute atomic E-state index is 0.411. The van der Waals surface area contributed by atoms with Crippen molar-refractivity contribution in [3.63, 3.8) is 0 Å².